The molecule has 1 aromatic carbocycles. The predicted octanol–water partition coefficient (Wildman–Crippen LogP) is 3.21. The summed E-state index contributed by atoms with van der Waals surface area (Å²) in [6.07, 6.45) is 3.42. The van der Waals surface area contributed by atoms with E-state index in [9.17, 15) is 0 Å². The van der Waals surface area contributed by atoms with Crippen LogP contribution >= 0.6 is 12.2 Å². The van der Waals surface area contributed by atoms with Crippen molar-refractivity contribution in [1.29, 1.82) is 0 Å². The molecule has 20 heavy (non-hydrogen) atoms. The van der Waals surface area contributed by atoms with Gasteiger partial charge in [0, 0.05) is 6.54 Å². The van der Waals surface area contributed by atoms with Crippen LogP contribution in [0.25, 0.3) is 0 Å². The van der Waals surface area contributed by atoms with Gasteiger partial charge in [-0.25, -0.2) is 0 Å². The Labute approximate surface area is 128 Å². The van der Waals surface area contributed by atoms with Crippen LogP contribution in [0.15, 0.2) is 24.3 Å². The van der Waals surface area contributed by atoms with Crippen LogP contribution in [-0.4, -0.2) is 36.1 Å². The number of hydrogen-bond acceptors (Lipinski definition) is 3. The zero-order chi connectivity index (χ0) is 14.8. The SMILES string of the molecule is CCCN(CCC)CCCOc1ccccc1C(N)=S. The lowest BCUT2D eigenvalue weighted by Gasteiger charge is -2.21. The fourth-order valence-electron chi connectivity index (χ4n) is 2.23. The third-order valence-electron chi connectivity index (χ3n) is 3.11. The van der Waals surface area contributed by atoms with Crippen LogP contribution in [0, 0.1) is 0 Å². The van der Waals surface area contributed by atoms with Crippen LogP contribution in [0.3, 0.4) is 0 Å². The minimum atomic E-state index is 0.388. The first-order chi connectivity index (χ1) is 9.69. The second-order valence-corrected chi connectivity index (χ2v) is 5.34. The van der Waals surface area contributed by atoms with Crippen LogP contribution in [0.5, 0.6) is 5.75 Å². The second-order valence-electron chi connectivity index (χ2n) is 4.90. The number of rotatable bonds is 10. The Morgan fingerprint density at radius 1 is 1.15 bits per heavy atom. The molecule has 2 N–H and O–H groups in total. The summed E-state index contributed by atoms with van der Waals surface area (Å²) >= 11 is 5.03. The first kappa shape index (κ1) is 16.9. The first-order valence-electron chi connectivity index (χ1n) is 7.43. The Hall–Kier alpha value is -1.13. The molecule has 1 aromatic rings. The molecular weight excluding hydrogens is 268 g/mol. The monoisotopic (exact) mass is 294 g/mol. The number of nitrogens with zero attached hydrogens (tertiary/aromatic N) is 1. The molecule has 0 aliphatic carbocycles. The summed E-state index contributed by atoms with van der Waals surface area (Å²) in [6.45, 7) is 8.55. The minimum absolute atomic E-state index is 0.388. The number of ether oxygens (including phenoxy) is 1. The highest BCUT2D eigenvalue weighted by Gasteiger charge is 2.06. The van der Waals surface area contributed by atoms with Crippen LogP contribution in [0.2, 0.25) is 0 Å². The number of benzene rings is 1. The van der Waals surface area contributed by atoms with Crippen molar-refractivity contribution in [3.8, 4) is 5.75 Å². The normalized spacial score (nSPS) is 10.8. The van der Waals surface area contributed by atoms with E-state index in [1.807, 2.05) is 24.3 Å². The average molecular weight is 294 g/mol. The average Bonchev–Trinajstić information content (AvgIpc) is 2.44. The van der Waals surface area contributed by atoms with Crippen LogP contribution in [0.4, 0.5) is 0 Å². The quantitative estimate of drug-likeness (QED) is 0.531. The molecule has 0 radical (unpaired) electrons. The summed E-state index contributed by atoms with van der Waals surface area (Å²) in [6, 6.07) is 7.69. The Morgan fingerprint density at radius 2 is 1.80 bits per heavy atom. The molecule has 0 saturated heterocycles. The molecule has 4 heteroatoms. The van der Waals surface area contributed by atoms with Gasteiger partial charge in [0.2, 0.25) is 0 Å². The predicted molar refractivity (Wildman–Crippen MR) is 89.5 cm³/mol. The summed E-state index contributed by atoms with van der Waals surface area (Å²) in [4.78, 5) is 2.88. The van der Waals surface area contributed by atoms with Gasteiger partial charge in [-0.2, -0.15) is 0 Å². The molecule has 0 fully saturated rings. The van der Waals surface area contributed by atoms with E-state index in [-0.39, 0.29) is 0 Å². The molecule has 1 rings (SSSR count). The third kappa shape index (κ3) is 5.88. The van der Waals surface area contributed by atoms with E-state index in [0.29, 0.717) is 11.6 Å². The van der Waals surface area contributed by atoms with Crippen molar-refractivity contribution in [1.82, 2.24) is 4.90 Å². The Balaban J connectivity index is 2.38. The third-order valence-corrected chi connectivity index (χ3v) is 3.33. The van der Waals surface area contributed by atoms with E-state index in [1.165, 1.54) is 12.8 Å². The van der Waals surface area contributed by atoms with Crippen LogP contribution < -0.4 is 10.5 Å². The van der Waals surface area contributed by atoms with E-state index in [4.69, 9.17) is 22.7 Å². The molecule has 0 spiro atoms. The topological polar surface area (TPSA) is 38.5 Å². The van der Waals surface area contributed by atoms with E-state index >= 15 is 0 Å². The van der Waals surface area contributed by atoms with E-state index in [1.54, 1.807) is 0 Å². The lowest BCUT2D eigenvalue weighted by atomic mass is 10.2. The maximum Gasteiger partial charge on any atom is 0.129 e. The fourth-order valence-corrected chi connectivity index (χ4v) is 2.40. The molecule has 0 heterocycles. The number of thiocarbonyl (C=S) groups is 1. The smallest absolute Gasteiger partial charge is 0.129 e. The Morgan fingerprint density at radius 3 is 2.40 bits per heavy atom. The lowest BCUT2D eigenvalue weighted by Crippen LogP contribution is -2.27. The van der Waals surface area contributed by atoms with Crippen molar-refractivity contribution in [3.63, 3.8) is 0 Å². The van der Waals surface area contributed by atoms with Crippen molar-refractivity contribution in [3.05, 3.63) is 29.8 Å². The van der Waals surface area contributed by atoms with Gasteiger partial charge >= 0.3 is 0 Å². The lowest BCUT2D eigenvalue weighted by molar-refractivity contribution is 0.234. The highest BCUT2D eigenvalue weighted by molar-refractivity contribution is 7.80. The number of hydrogen-bond donors (Lipinski definition) is 1. The van der Waals surface area contributed by atoms with Gasteiger partial charge in [-0.1, -0.05) is 38.2 Å². The van der Waals surface area contributed by atoms with E-state index in [0.717, 1.165) is 37.4 Å². The second kappa shape index (κ2) is 9.72. The maximum absolute atomic E-state index is 5.81. The zero-order valence-electron chi connectivity index (χ0n) is 12.6. The first-order valence-corrected chi connectivity index (χ1v) is 7.83. The van der Waals surface area contributed by atoms with Gasteiger partial charge in [0.1, 0.15) is 10.7 Å². The van der Waals surface area contributed by atoms with E-state index < -0.39 is 0 Å². The summed E-state index contributed by atoms with van der Waals surface area (Å²) in [5, 5.41) is 0. The zero-order valence-corrected chi connectivity index (χ0v) is 13.4. The molecule has 0 aromatic heterocycles. The minimum Gasteiger partial charge on any atom is -0.493 e. The summed E-state index contributed by atoms with van der Waals surface area (Å²) in [5.74, 6) is 0.789. The molecule has 0 aliphatic rings. The molecule has 0 saturated carbocycles. The summed E-state index contributed by atoms with van der Waals surface area (Å²) in [5.41, 5.74) is 6.51. The van der Waals surface area contributed by atoms with Gasteiger partial charge in [-0.05, 0) is 44.5 Å². The van der Waals surface area contributed by atoms with Gasteiger partial charge in [-0.15, -0.1) is 0 Å². The molecule has 0 atom stereocenters. The Kier molecular flexibility index (Phi) is 8.23. The highest BCUT2D eigenvalue weighted by Crippen LogP contribution is 2.17. The molecule has 0 amide bonds. The summed E-state index contributed by atoms with van der Waals surface area (Å²) in [7, 11) is 0. The largest absolute Gasteiger partial charge is 0.493 e. The van der Waals surface area contributed by atoms with Gasteiger partial charge in [-0.3, -0.25) is 0 Å². The van der Waals surface area contributed by atoms with Crippen molar-refractivity contribution in [2.45, 2.75) is 33.1 Å². The standard InChI is InChI=1S/C16H26N2OS/c1-3-10-18(11-4-2)12-7-13-19-15-9-6-5-8-14(15)16(17)20/h5-6,8-9H,3-4,7,10-13H2,1-2H3,(H2,17,20). The highest BCUT2D eigenvalue weighted by atomic mass is 32.1. The fraction of sp³-hybridized carbons (Fsp3) is 0.562. The van der Waals surface area contributed by atoms with Gasteiger partial charge in [0.25, 0.3) is 0 Å². The molecule has 0 aliphatic heterocycles. The molecular formula is C16H26N2OS. The number of para-hydroxylation sites is 1. The van der Waals surface area contributed by atoms with Gasteiger partial charge in [0.15, 0.2) is 0 Å². The van der Waals surface area contributed by atoms with Crippen molar-refractivity contribution in [2.24, 2.45) is 5.73 Å². The van der Waals surface area contributed by atoms with Crippen molar-refractivity contribution >= 4 is 17.2 Å². The molecule has 112 valence electrons. The number of nitrogens with two attached hydrogens (primary N) is 1. The van der Waals surface area contributed by atoms with E-state index in [2.05, 4.69) is 18.7 Å². The van der Waals surface area contributed by atoms with Crippen molar-refractivity contribution < 1.29 is 4.74 Å². The molecule has 3 nitrogen and oxygen atoms in total. The molecule has 0 unspecified atom stereocenters. The van der Waals surface area contributed by atoms with Gasteiger partial charge < -0.3 is 15.4 Å². The van der Waals surface area contributed by atoms with Crippen LogP contribution in [0.1, 0.15) is 38.7 Å². The van der Waals surface area contributed by atoms with Crippen molar-refractivity contribution in [2.75, 3.05) is 26.2 Å². The van der Waals surface area contributed by atoms with Gasteiger partial charge in [0.05, 0.1) is 12.2 Å². The maximum atomic E-state index is 5.81. The summed E-state index contributed by atoms with van der Waals surface area (Å²) < 4.78 is 5.81. The molecule has 0 bridgehead atoms. The Bertz CT molecular complexity index is 403. The van der Waals surface area contributed by atoms with Crippen LogP contribution in [-0.2, 0) is 0 Å².